The summed E-state index contributed by atoms with van der Waals surface area (Å²) in [5, 5.41) is 10.7. The van der Waals surface area contributed by atoms with Gasteiger partial charge in [-0.05, 0) is 43.8 Å². The molecule has 0 fully saturated rings. The predicted molar refractivity (Wildman–Crippen MR) is 102 cm³/mol. The molecule has 27 heavy (non-hydrogen) atoms. The molecule has 140 valence electrons. The number of para-hydroxylation sites is 2. The Balaban J connectivity index is 1.53. The van der Waals surface area contributed by atoms with Crippen molar-refractivity contribution in [2.75, 3.05) is 20.2 Å². The smallest absolute Gasteiger partial charge is 0.336 e. The average molecular weight is 367 g/mol. The van der Waals surface area contributed by atoms with Crippen molar-refractivity contribution < 1.29 is 19.0 Å². The van der Waals surface area contributed by atoms with Gasteiger partial charge in [-0.25, -0.2) is 4.79 Å². The number of likely N-dealkylation sites (N-methyl/N-ethyl adjacent to an activating group) is 1. The van der Waals surface area contributed by atoms with Crippen LogP contribution in [0.4, 0.5) is 0 Å². The zero-order chi connectivity index (χ0) is 19.0. The quantitative estimate of drug-likeness (QED) is 0.715. The molecule has 6 heteroatoms. The van der Waals surface area contributed by atoms with Gasteiger partial charge in [0.05, 0.1) is 0 Å². The highest BCUT2D eigenvalue weighted by Gasteiger charge is 2.22. The lowest BCUT2D eigenvalue weighted by Gasteiger charge is -2.29. The van der Waals surface area contributed by atoms with Gasteiger partial charge in [-0.1, -0.05) is 12.1 Å². The van der Waals surface area contributed by atoms with Crippen LogP contribution < -0.4 is 15.1 Å². The van der Waals surface area contributed by atoms with Gasteiger partial charge in [0.1, 0.15) is 24.0 Å². The van der Waals surface area contributed by atoms with Crippen LogP contribution in [0.2, 0.25) is 0 Å². The van der Waals surface area contributed by atoms with E-state index in [9.17, 15) is 9.90 Å². The molecule has 0 saturated heterocycles. The van der Waals surface area contributed by atoms with Crippen LogP contribution in [0.25, 0.3) is 11.0 Å². The first kappa shape index (κ1) is 17.4. The lowest BCUT2D eigenvalue weighted by atomic mass is 10.1. The number of aryl methyl sites for hydroxylation is 1. The number of rotatable bonds is 4. The van der Waals surface area contributed by atoms with Gasteiger partial charge in [0, 0.05) is 30.1 Å². The number of ether oxygens (including phenoxy) is 2. The number of hydrogen-bond acceptors (Lipinski definition) is 6. The number of hydrogen-bond donors (Lipinski definition) is 1. The maximum Gasteiger partial charge on any atom is 0.336 e. The van der Waals surface area contributed by atoms with E-state index in [2.05, 4.69) is 4.90 Å². The van der Waals surface area contributed by atoms with Crippen LogP contribution in [-0.2, 0) is 6.54 Å². The van der Waals surface area contributed by atoms with Crippen molar-refractivity contribution in [3.63, 3.8) is 0 Å². The number of aromatic hydroxyl groups is 1. The number of phenolic OH excluding ortho intramolecular Hbond substituents is 1. The highest BCUT2D eigenvalue weighted by molar-refractivity contribution is 5.84. The Hall–Kier alpha value is -2.99. The van der Waals surface area contributed by atoms with Gasteiger partial charge in [-0.3, -0.25) is 4.90 Å². The van der Waals surface area contributed by atoms with Crippen molar-refractivity contribution in [1.29, 1.82) is 0 Å². The summed E-state index contributed by atoms with van der Waals surface area (Å²) in [6.45, 7) is 3.41. The van der Waals surface area contributed by atoms with Gasteiger partial charge >= 0.3 is 5.63 Å². The van der Waals surface area contributed by atoms with Crippen molar-refractivity contribution in [2.45, 2.75) is 19.6 Å². The van der Waals surface area contributed by atoms with Gasteiger partial charge in [0.15, 0.2) is 11.5 Å². The Labute approximate surface area is 156 Å². The molecule has 2 aromatic carbocycles. The van der Waals surface area contributed by atoms with Gasteiger partial charge in [0.2, 0.25) is 0 Å². The predicted octanol–water partition coefficient (Wildman–Crippen LogP) is 3.08. The molecule has 0 spiro atoms. The first-order valence-electron chi connectivity index (χ1n) is 8.83. The van der Waals surface area contributed by atoms with Crippen molar-refractivity contribution >= 4 is 11.0 Å². The summed E-state index contributed by atoms with van der Waals surface area (Å²) in [5.74, 6) is 1.62. The minimum atomic E-state index is -0.425. The fourth-order valence-corrected chi connectivity index (χ4v) is 3.40. The van der Waals surface area contributed by atoms with Crippen LogP contribution in [0.5, 0.6) is 17.2 Å². The number of fused-ring (bicyclic) bond motifs is 2. The summed E-state index contributed by atoms with van der Waals surface area (Å²) in [6.07, 6.45) is -0.0953. The van der Waals surface area contributed by atoms with Crippen molar-refractivity contribution in [2.24, 2.45) is 0 Å². The second kappa shape index (κ2) is 6.96. The van der Waals surface area contributed by atoms with Crippen molar-refractivity contribution in [1.82, 2.24) is 4.90 Å². The molecule has 0 unspecified atom stereocenters. The van der Waals surface area contributed by atoms with E-state index in [4.69, 9.17) is 13.9 Å². The molecule has 1 N–H and O–H groups in total. The zero-order valence-electron chi connectivity index (χ0n) is 15.3. The van der Waals surface area contributed by atoms with E-state index in [1.54, 1.807) is 19.1 Å². The first-order chi connectivity index (χ1) is 13.0. The fraction of sp³-hybridized carbons (Fsp3) is 0.286. The van der Waals surface area contributed by atoms with Crippen LogP contribution in [0.1, 0.15) is 11.1 Å². The summed E-state index contributed by atoms with van der Waals surface area (Å²) in [7, 11) is 1.97. The molecule has 0 aliphatic carbocycles. The van der Waals surface area contributed by atoms with E-state index in [-0.39, 0.29) is 11.9 Å². The SMILES string of the molecule is Cc1c(O)ccc2c(CN(C)C[C@@H]3COc4ccccc4O3)cc(=O)oc12. The molecular weight excluding hydrogens is 346 g/mol. The molecule has 0 radical (unpaired) electrons. The molecule has 0 amide bonds. The van der Waals surface area contributed by atoms with Gasteiger partial charge in [-0.15, -0.1) is 0 Å². The normalized spacial score (nSPS) is 16.0. The van der Waals surface area contributed by atoms with Gasteiger partial charge in [0.25, 0.3) is 0 Å². The first-order valence-corrected chi connectivity index (χ1v) is 8.83. The minimum Gasteiger partial charge on any atom is -0.508 e. The van der Waals surface area contributed by atoms with E-state index in [1.165, 1.54) is 6.07 Å². The molecule has 6 nitrogen and oxygen atoms in total. The molecule has 1 atom stereocenters. The third-order valence-electron chi connectivity index (χ3n) is 4.74. The molecule has 0 bridgehead atoms. The van der Waals surface area contributed by atoms with E-state index >= 15 is 0 Å². The number of nitrogens with zero attached hydrogens (tertiary/aromatic N) is 1. The Morgan fingerprint density at radius 3 is 2.78 bits per heavy atom. The molecule has 1 aliphatic rings. The molecular formula is C21H21NO5. The molecule has 2 heterocycles. The van der Waals surface area contributed by atoms with Crippen LogP contribution in [0.15, 0.2) is 51.7 Å². The summed E-state index contributed by atoms with van der Waals surface area (Å²) in [5.41, 5.74) is 1.42. The van der Waals surface area contributed by atoms with E-state index < -0.39 is 5.63 Å². The Morgan fingerprint density at radius 2 is 1.96 bits per heavy atom. The van der Waals surface area contributed by atoms with Crippen molar-refractivity contribution in [3.05, 3.63) is 64.0 Å². The minimum absolute atomic E-state index is 0.0953. The van der Waals surface area contributed by atoms with E-state index in [0.29, 0.717) is 30.8 Å². The molecule has 3 aromatic rings. The second-order valence-corrected chi connectivity index (χ2v) is 6.87. The molecule has 0 saturated carbocycles. The average Bonchev–Trinajstić information content (AvgIpc) is 2.65. The summed E-state index contributed by atoms with van der Waals surface area (Å²) < 4.78 is 17.1. The highest BCUT2D eigenvalue weighted by atomic mass is 16.6. The van der Waals surface area contributed by atoms with Crippen molar-refractivity contribution in [3.8, 4) is 17.2 Å². The zero-order valence-corrected chi connectivity index (χ0v) is 15.3. The number of phenols is 1. The monoisotopic (exact) mass is 367 g/mol. The largest absolute Gasteiger partial charge is 0.508 e. The topological polar surface area (TPSA) is 72.1 Å². The highest BCUT2D eigenvalue weighted by Crippen LogP contribution is 2.31. The van der Waals surface area contributed by atoms with Crippen LogP contribution in [0.3, 0.4) is 0 Å². The van der Waals surface area contributed by atoms with Gasteiger partial charge in [-0.2, -0.15) is 0 Å². The van der Waals surface area contributed by atoms with Crippen LogP contribution in [-0.4, -0.2) is 36.3 Å². The third kappa shape index (κ3) is 3.48. The third-order valence-corrected chi connectivity index (χ3v) is 4.74. The maximum atomic E-state index is 12.0. The summed E-state index contributed by atoms with van der Waals surface area (Å²) >= 11 is 0. The molecule has 1 aliphatic heterocycles. The standard InChI is InChI=1S/C21H21NO5/c1-13-17(23)8-7-16-14(9-20(24)27-21(13)16)10-22(2)11-15-12-25-18-5-3-4-6-19(18)26-15/h3-9,15,23H,10-12H2,1-2H3/t15-/m1/s1. The van der Waals surface area contributed by atoms with E-state index in [0.717, 1.165) is 22.4 Å². The van der Waals surface area contributed by atoms with Crippen LogP contribution in [0, 0.1) is 6.92 Å². The fourth-order valence-electron chi connectivity index (χ4n) is 3.40. The number of benzene rings is 2. The Morgan fingerprint density at radius 1 is 1.19 bits per heavy atom. The molecule has 4 rings (SSSR count). The van der Waals surface area contributed by atoms with Crippen LogP contribution >= 0.6 is 0 Å². The summed E-state index contributed by atoms with van der Waals surface area (Å²) in [4.78, 5) is 14.0. The lowest BCUT2D eigenvalue weighted by molar-refractivity contribution is 0.0639. The Kier molecular flexibility index (Phi) is 4.49. The Bertz CT molecular complexity index is 1040. The van der Waals surface area contributed by atoms with Gasteiger partial charge < -0.3 is 19.0 Å². The molecule has 1 aromatic heterocycles. The van der Waals surface area contributed by atoms with E-state index in [1.807, 2.05) is 31.3 Å². The lowest BCUT2D eigenvalue weighted by Crippen LogP contribution is -2.39. The second-order valence-electron chi connectivity index (χ2n) is 6.87. The maximum absolute atomic E-state index is 12.0. The summed E-state index contributed by atoms with van der Waals surface area (Å²) in [6, 6.07) is 12.5.